The molecule has 1 aromatic rings. The highest BCUT2D eigenvalue weighted by Crippen LogP contribution is 2.62. The van der Waals surface area contributed by atoms with E-state index in [9.17, 15) is 11.0 Å². The maximum absolute atomic E-state index is 10.5. The summed E-state index contributed by atoms with van der Waals surface area (Å²) in [6, 6.07) is -7.51. The minimum atomic E-state index is -3.45. The quantitative estimate of drug-likeness (QED) is 0.349. The van der Waals surface area contributed by atoms with Crippen LogP contribution >= 0.6 is 0 Å². The van der Waals surface area contributed by atoms with Crippen LogP contribution < -0.4 is 9.47 Å². The molecular weight excluding hydrogens is 474 g/mol. The van der Waals surface area contributed by atoms with Crippen molar-refractivity contribution in [2.24, 2.45) is 16.7 Å². The molecule has 0 aromatic heterocycles. The maximum atomic E-state index is 10.5. The van der Waals surface area contributed by atoms with Crippen molar-refractivity contribution in [2.45, 2.75) is 137 Å². The van der Waals surface area contributed by atoms with E-state index in [2.05, 4.69) is 0 Å². The first-order valence-electron chi connectivity index (χ1n) is 21.8. The summed E-state index contributed by atoms with van der Waals surface area (Å²) in [5, 5.41) is 5.04. The Balaban J connectivity index is 2.58. The molecule has 0 radical (unpaired) electrons. The third-order valence-corrected chi connectivity index (χ3v) is 9.37. The van der Waals surface area contributed by atoms with Crippen molar-refractivity contribution in [3.05, 3.63) is 23.2 Å². The second-order valence-electron chi connectivity index (χ2n) is 12.2. The maximum Gasteiger partial charge on any atom is 0.211 e. The molecule has 1 aromatic carbocycles. The molecule has 1 aliphatic carbocycles. The summed E-state index contributed by atoms with van der Waals surface area (Å²) in [7, 11) is -3.21. The molecular formula is C33H57NO4. The summed E-state index contributed by atoms with van der Waals surface area (Å²) >= 11 is 0. The van der Waals surface area contributed by atoms with Crippen LogP contribution in [-0.2, 0) is 4.74 Å². The topological polar surface area (TPSA) is 51.2 Å². The molecule has 0 spiro atoms. The SMILES string of the molecule is [2H]O[C@@]1(C)C(C)(C)N([C@]2([2H])C([2H])([2H])C([2H])(C)C(C)(C)C(C)(C)[C@@]2(C)OC([2H])([2H])C([2H])(C)c2c([2H])c(OC([2H])([2H])C)c(OC([2H])([2H])[2H])c([2H])c2C)C([2H])(C)C1([2H])[2H]. The first-order valence-corrected chi connectivity index (χ1v) is 12.8. The molecule has 0 bridgehead atoms. The van der Waals surface area contributed by atoms with Gasteiger partial charge in [-0.25, -0.2) is 0 Å². The molecule has 5 nitrogen and oxygen atoms in total. The van der Waals surface area contributed by atoms with Gasteiger partial charge in [0.15, 0.2) is 11.5 Å². The van der Waals surface area contributed by atoms with Crippen LogP contribution in [0.15, 0.2) is 12.1 Å². The van der Waals surface area contributed by atoms with Gasteiger partial charge < -0.3 is 19.3 Å². The van der Waals surface area contributed by atoms with Crippen LogP contribution in [-0.4, -0.2) is 60.4 Å². The number of nitrogens with zero attached hydrogens (tertiary/aromatic N) is 1. The Kier molecular flexibility index (Phi) is 3.93. The zero-order valence-electron chi connectivity index (χ0n) is 43.1. The van der Waals surface area contributed by atoms with Gasteiger partial charge in [0, 0.05) is 39.8 Å². The van der Waals surface area contributed by atoms with Crippen LogP contribution in [0, 0.1) is 23.6 Å². The van der Waals surface area contributed by atoms with E-state index < -0.39 is 113 Å². The Hall–Kier alpha value is -1.30. The lowest BCUT2D eigenvalue weighted by Gasteiger charge is -2.66. The second-order valence-corrected chi connectivity index (χ2v) is 12.2. The number of hydrogen-bond donors (Lipinski definition) is 1. The fraction of sp³-hybridized carbons (Fsp3) is 0.818. The Morgan fingerprint density at radius 1 is 1.24 bits per heavy atom. The van der Waals surface area contributed by atoms with E-state index >= 15 is 0 Å². The lowest BCUT2D eigenvalue weighted by atomic mass is 9.47. The Morgan fingerprint density at radius 3 is 2.45 bits per heavy atom. The molecule has 2 fully saturated rings. The summed E-state index contributed by atoms with van der Waals surface area (Å²) in [5.41, 5.74) is -11.1. The minimum Gasteiger partial charge on any atom is -0.493 e. The Bertz CT molecular complexity index is 1730. The molecule has 3 rings (SSSR count). The number of methoxy groups -OCH3 is 1. The number of hydrogen-bond acceptors (Lipinski definition) is 5. The van der Waals surface area contributed by atoms with E-state index in [4.69, 9.17) is 33.1 Å². The summed E-state index contributed by atoms with van der Waals surface area (Å²) in [6.07, 6.45) is -6.01. The van der Waals surface area contributed by atoms with Crippen molar-refractivity contribution in [2.75, 3.05) is 20.2 Å². The molecule has 1 saturated heterocycles. The molecule has 1 N–H and O–H groups in total. The summed E-state index contributed by atoms with van der Waals surface area (Å²) < 4.78 is 178. The lowest BCUT2D eigenvalue weighted by molar-refractivity contribution is -0.247. The van der Waals surface area contributed by atoms with Gasteiger partial charge in [-0.15, -0.1) is 0 Å². The highest BCUT2D eigenvalue weighted by molar-refractivity contribution is 5.48. The van der Waals surface area contributed by atoms with Crippen molar-refractivity contribution in [1.82, 2.24) is 4.90 Å². The fourth-order valence-corrected chi connectivity index (χ4v) is 5.30. The van der Waals surface area contributed by atoms with Gasteiger partial charge >= 0.3 is 0 Å². The molecule has 1 heterocycles. The monoisotopic (exact) mass is 550 g/mol. The van der Waals surface area contributed by atoms with Crippen LogP contribution in [0.1, 0.15) is 136 Å². The Morgan fingerprint density at radius 2 is 1.89 bits per heavy atom. The molecule has 1 aliphatic heterocycles. The normalized spacial score (nSPS) is 52.4. The highest BCUT2D eigenvalue weighted by atomic mass is 16.5. The zero-order chi connectivity index (χ0) is 44.9. The molecule has 2 aliphatic rings. The van der Waals surface area contributed by atoms with Crippen molar-refractivity contribution in [3.8, 4) is 11.5 Å². The van der Waals surface area contributed by atoms with Crippen LogP contribution in [0.4, 0.5) is 0 Å². The van der Waals surface area contributed by atoms with E-state index in [1.807, 2.05) is 0 Å². The smallest absolute Gasteiger partial charge is 0.211 e. The predicted molar refractivity (Wildman–Crippen MR) is 157 cm³/mol. The van der Waals surface area contributed by atoms with Gasteiger partial charge in [-0.1, -0.05) is 41.5 Å². The van der Waals surface area contributed by atoms with Gasteiger partial charge in [0.1, 0.15) is 0 Å². The second kappa shape index (κ2) is 10.3. The van der Waals surface area contributed by atoms with Gasteiger partial charge in [0.2, 0.25) is 1.43 Å². The third-order valence-electron chi connectivity index (χ3n) is 9.37. The molecule has 3 unspecified atom stereocenters. The van der Waals surface area contributed by atoms with Gasteiger partial charge in [-0.2, -0.15) is 0 Å². The average molecular weight is 550 g/mol. The standard InChI is InChI=1S/C33H57NO4/c1-15-37-27-18-25(21(2)16-26(27)36-14)22(3)20-38-33(13)28(17-23(4)29(6,7)30(33,8)9)34-24(5)19-32(12,35)31(34,10)11/h16,18,22-24,28,35H,15,17,19-20H2,1-14H3/t22?,23?,24?,28-,32-,33+/m1/s1/i14D3,15D2,16D,17D2,18D,19D2,20D2,22D,23D,24D,28D,35D. The number of benzene rings is 1. The van der Waals surface area contributed by atoms with E-state index in [1.165, 1.54) is 69.2 Å². The van der Waals surface area contributed by atoms with Gasteiger partial charge in [0.25, 0.3) is 0 Å². The summed E-state index contributed by atoms with van der Waals surface area (Å²) in [5.74, 6) is -6.93. The predicted octanol–water partition coefficient (Wildman–Crippen LogP) is 7.37. The average Bonchev–Trinajstić information content (AvgIpc) is 3.05. The van der Waals surface area contributed by atoms with E-state index in [1.54, 1.807) is 0 Å². The van der Waals surface area contributed by atoms with Crippen molar-refractivity contribution in [3.63, 3.8) is 0 Å². The molecule has 5 heteroatoms. The first kappa shape index (κ1) is 14.5. The van der Waals surface area contributed by atoms with Crippen LogP contribution in [0.25, 0.3) is 0 Å². The minimum absolute atomic E-state index is 0.348. The highest BCUT2D eigenvalue weighted by Gasteiger charge is 2.66. The first-order chi connectivity index (χ1) is 24.2. The van der Waals surface area contributed by atoms with Crippen LogP contribution in [0.5, 0.6) is 11.5 Å². The molecule has 38 heavy (non-hydrogen) atoms. The van der Waals surface area contributed by atoms with E-state index in [0.717, 1.165) is 25.7 Å². The van der Waals surface area contributed by atoms with Gasteiger partial charge in [-0.3, -0.25) is 4.90 Å². The summed E-state index contributed by atoms with van der Waals surface area (Å²) in [6.45, 7) is 10.5. The molecule has 0 amide bonds. The van der Waals surface area contributed by atoms with Gasteiger partial charge in [-0.05, 0) is 95.7 Å². The summed E-state index contributed by atoms with van der Waals surface area (Å²) in [4.78, 5) is 0.849. The van der Waals surface area contributed by atoms with Crippen molar-refractivity contribution >= 4 is 0 Å². The molecule has 1 saturated carbocycles. The van der Waals surface area contributed by atoms with Crippen LogP contribution in [0.3, 0.4) is 0 Å². The van der Waals surface area contributed by atoms with Gasteiger partial charge in [0.05, 0.1) is 43.7 Å². The molecule has 218 valence electrons. The lowest BCUT2D eigenvalue weighted by Crippen LogP contribution is -2.72. The van der Waals surface area contributed by atoms with Crippen LogP contribution in [0.2, 0.25) is 0 Å². The largest absolute Gasteiger partial charge is 0.493 e. The van der Waals surface area contributed by atoms with E-state index in [-0.39, 0.29) is 5.56 Å². The fourth-order valence-electron chi connectivity index (χ4n) is 5.30. The number of rotatable bonds is 9. The Labute approximate surface area is 259 Å². The number of likely N-dealkylation sites (tertiary alicyclic amines) is 1. The number of ether oxygens (including phenoxy) is 3. The zero-order valence-corrected chi connectivity index (χ0v) is 25.1. The third kappa shape index (κ3) is 4.69. The van der Waals surface area contributed by atoms with Crippen molar-refractivity contribution < 1.29 is 42.6 Å². The number of aliphatic hydroxyl groups is 1. The van der Waals surface area contributed by atoms with E-state index in [0.29, 0.717) is 0 Å². The van der Waals surface area contributed by atoms with Crippen molar-refractivity contribution in [1.29, 1.82) is 1.43 Å². The molecule has 6 atom stereocenters.